The average Bonchev–Trinajstić information content (AvgIpc) is 3.35. The second-order valence-corrected chi connectivity index (χ2v) is 10.8. The van der Waals surface area contributed by atoms with E-state index in [0.29, 0.717) is 12.1 Å². The average molecular weight is 609 g/mol. The van der Waals surface area contributed by atoms with Crippen molar-refractivity contribution >= 4 is 18.5 Å². The second-order valence-electron chi connectivity index (χ2n) is 10.8. The molecule has 1 aromatic heterocycles. The first-order chi connectivity index (χ1) is 19.1. The van der Waals surface area contributed by atoms with Gasteiger partial charge < -0.3 is 14.2 Å². The van der Waals surface area contributed by atoms with Gasteiger partial charge in [0.25, 0.3) is 5.95 Å². The Balaban J connectivity index is 1.82. The van der Waals surface area contributed by atoms with Gasteiger partial charge in [0.1, 0.15) is 0 Å². The maximum Gasteiger partial charge on any atom is 0.495 e. The van der Waals surface area contributed by atoms with Crippen LogP contribution >= 0.6 is 0 Å². The highest BCUT2D eigenvalue weighted by Gasteiger charge is 2.52. The van der Waals surface area contributed by atoms with Crippen molar-refractivity contribution in [2.75, 3.05) is 4.90 Å². The van der Waals surface area contributed by atoms with Gasteiger partial charge in [-0.3, -0.25) is 0 Å². The molecule has 4 rings (SSSR count). The number of hydrogen-bond donors (Lipinski definition) is 0. The summed E-state index contributed by atoms with van der Waals surface area (Å²) in [6.45, 7) is 5.82. The number of nitrogens with zero attached hydrogens (tertiary/aromatic N) is 5. The summed E-state index contributed by atoms with van der Waals surface area (Å²) >= 11 is 0. The molecule has 2 aromatic carbocycles. The smallest absolute Gasteiger partial charge is 0.399 e. The monoisotopic (exact) mass is 609 g/mol. The summed E-state index contributed by atoms with van der Waals surface area (Å²) < 4.78 is 134. The molecule has 3 aromatic rings. The number of alkyl halides is 9. The Morgan fingerprint density at radius 2 is 1.29 bits per heavy atom. The van der Waals surface area contributed by atoms with E-state index in [0.717, 1.165) is 27.9 Å². The van der Waals surface area contributed by atoms with Crippen LogP contribution in [-0.4, -0.2) is 38.5 Å². The standard InChI is InChI=1S/C25H25BF9N5O2/c1-21(2)22(3,4)42-26(41-21)19-7-6-16(23(27,28)29)10-15(19)13-40(20-36-38-39(5)37-20)12-14-8-17(24(30,31)32)11-18(9-14)25(33,34)35/h6-11H,12-13H2,1-5H3. The minimum absolute atomic E-state index is 0.0163. The summed E-state index contributed by atoms with van der Waals surface area (Å²) in [6.07, 6.45) is -15.0. The fourth-order valence-electron chi connectivity index (χ4n) is 4.25. The Morgan fingerprint density at radius 1 is 0.762 bits per heavy atom. The van der Waals surface area contributed by atoms with Crippen molar-refractivity contribution in [3.8, 4) is 0 Å². The number of halogens is 9. The lowest BCUT2D eigenvalue weighted by atomic mass is 9.75. The minimum atomic E-state index is -5.10. The van der Waals surface area contributed by atoms with Crippen LogP contribution in [0.3, 0.4) is 0 Å². The van der Waals surface area contributed by atoms with E-state index in [1.807, 2.05) is 0 Å². The van der Waals surface area contributed by atoms with Gasteiger partial charge >= 0.3 is 25.6 Å². The van der Waals surface area contributed by atoms with Crippen molar-refractivity contribution < 1.29 is 48.8 Å². The predicted molar refractivity (Wildman–Crippen MR) is 132 cm³/mol. The lowest BCUT2D eigenvalue weighted by molar-refractivity contribution is -0.143. The Labute approximate surface area is 234 Å². The minimum Gasteiger partial charge on any atom is -0.399 e. The van der Waals surface area contributed by atoms with Gasteiger partial charge in [-0.05, 0) is 73.8 Å². The number of rotatable bonds is 6. The maximum absolute atomic E-state index is 13.7. The number of aryl methyl sites for hydroxylation is 1. The number of benzene rings is 2. The van der Waals surface area contributed by atoms with Crippen LogP contribution in [-0.2, 0) is 48.0 Å². The highest BCUT2D eigenvalue weighted by atomic mass is 19.4. The molecule has 0 bridgehead atoms. The highest BCUT2D eigenvalue weighted by Crippen LogP contribution is 2.39. The normalized spacial score (nSPS) is 17.1. The van der Waals surface area contributed by atoms with Gasteiger partial charge in [-0.25, -0.2) is 0 Å². The van der Waals surface area contributed by atoms with Crippen molar-refractivity contribution in [1.82, 2.24) is 20.2 Å². The molecule has 42 heavy (non-hydrogen) atoms. The first kappa shape index (κ1) is 31.6. The highest BCUT2D eigenvalue weighted by molar-refractivity contribution is 6.62. The van der Waals surface area contributed by atoms with E-state index in [1.54, 1.807) is 27.7 Å². The molecule has 2 heterocycles. The summed E-state index contributed by atoms with van der Waals surface area (Å²) in [6, 6.07) is 3.85. The number of tetrazole rings is 1. The van der Waals surface area contributed by atoms with Crippen molar-refractivity contribution in [1.29, 1.82) is 0 Å². The molecule has 0 amide bonds. The second kappa shape index (κ2) is 10.4. The number of aromatic nitrogens is 4. The number of hydrogen-bond acceptors (Lipinski definition) is 6. The van der Waals surface area contributed by atoms with E-state index in [4.69, 9.17) is 9.31 Å². The van der Waals surface area contributed by atoms with Gasteiger partial charge in [0.05, 0.1) is 34.9 Å². The molecule has 0 unspecified atom stereocenters. The predicted octanol–water partition coefficient (Wildman–Crippen LogP) is 5.77. The molecule has 0 atom stereocenters. The van der Waals surface area contributed by atoms with E-state index in [9.17, 15) is 39.5 Å². The van der Waals surface area contributed by atoms with Crippen molar-refractivity contribution in [3.63, 3.8) is 0 Å². The van der Waals surface area contributed by atoms with Crippen LogP contribution in [0.1, 0.15) is 55.5 Å². The molecule has 0 aliphatic carbocycles. The largest absolute Gasteiger partial charge is 0.495 e. The molecule has 0 saturated carbocycles. The molecular formula is C25H25BF9N5O2. The molecule has 0 spiro atoms. The molecule has 1 fully saturated rings. The molecule has 1 saturated heterocycles. The van der Waals surface area contributed by atoms with E-state index in [2.05, 4.69) is 15.4 Å². The van der Waals surface area contributed by atoms with Gasteiger partial charge in [0.2, 0.25) is 0 Å². The third-order valence-corrected chi connectivity index (χ3v) is 7.14. The summed E-state index contributed by atoms with van der Waals surface area (Å²) in [4.78, 5) is 2.10. The quantitative estimate of drug-likeness (QED) is 0.261. The molecule has 0 N–H and O–H groups in total. The molecular weight excluding hydrogens is 584 g/mol. The van der Waals surface area contributed by atoms with E-state index in [-0.39, 0.29) is 23.0 Å². The zero-order chi connectivity index (χ0) is 31.5. The fraction of sp³-hybridized carbons (Fsp3) is 0.480. The zero-order valence-electron chi connectivity index (χ0n) is 22.9. The molecule has 1 aliphatic heterocycles. The summed E-state index contributed by atoms with van der Waals surface area (Å²) in [7, 11) is 0.232. The Hall–Kier alpha value is -3.34. The molecule has 7 nitrogen and oxygen atoms in total. The van der Waals surface area contributed by atoms with Crippen LogP contribution in [0.2, 0.25) is 0 Å². The fourth-order valence-corrected chi connectivity index (χ4v) is 4.25. The maximum atomic E-state index is 13.7. The Morgan fingerprint density at radius 3 is 1.74 bits per heavy atom. The summed E-state index contributed by atoms with van der Waals surface area (Å²) in [5.74, 6) is -0.249. The number of anilines is 1. The van der Waals surface area contributed by atoms with Crippen molar-refractivity contribution in [2.45, 2.75) is 70.5 Å². The third kappa shape index (κ3) is 6.66. The molecule has 17 heteroatoms. The van der Waals surface area contributed by atoms with Gasteiger partial charge in [0, 0.05) is 13.1 Å². The van der Waals surface area contributed by atoms with E-state index in [1.165, 1.54) is 7.05 Å². The van der Waals surface area contributed by atoms with Crippen LogP contribution in [0, 0.1) is 0 Å². The Kier molecular flexibility index (Phi) is 7.85. The topological polar surface area (TPSA) is 65.3 Å². The van der Waals surface area contributed by atoms with Crippen molar-refractivity contribution in [2.24, 2.45) is 7.05 Å². The van der Waals surface area contributed by atoms with Crippen LogP contribution in [0.25, 0.3) is 0 Å². The van der Waals surface area contributed by atoms with Crippen LogP contribution in [0.4, 0.5) is 45.5 Å². The first-order valence-electron chi connectivity index (χ1n) is 12.4. The Bertz CT molecular complexity index is 1400. The van der Waals surface area contributed by atoms with Gasteiger partial charge in [-0.1, -0.05) is 17.2 Å². The third-order valence-electron chi connectivity index (χ3n) is 7.14. The SMILES string of the molecule is Cn1nnc(N(Cc2cc(C(F)(F)F)cc(C(F)(F)F)c2)Cc2cc(C(F)(F)F)ccc2B2OC(C)(C)C(C)(C)O2)n1. The van der Waals surface area contributed by atoms with Crippen LogP contribution in [0.15, 0.2) is 36.4 Å². The molecule has 1 aliphatic rings. The molecule has 228 valence electrons. The zero-order valence-corrected chi connectivity index (χ0v) is 22.9. The van der Waals surface area contributed by atoms with Crippen molar-refractivity contribution in [3.05, 3.63) is 64.2 Å². The van der Waals surface area contributed by atoms with Gasteiger partial charge in [-0.15, -0.1) is 5.10 Å². The van der Waals surface area contributed by atoms with Gasteiger partial charge in [0.15, 0.2) is 0 Å². The van der Waals surface area contributed by atoms with Crippen LogP contribution in [0.5, 0.6) is 0 Å². The summed E-state index contributed by atoms with van der Waals surface area (Å²) in [5, 5.41) is 11.4. The molecule has 0 radical (unpaired) electrons. The van der Waals surface area contributed by atoms with Gasteiger partial charge in [-0.2, -0.15) is 44.3 Å². The lowest BCUT2D eigenvalue weighted by Crippen LogP contribution is -2.41. The van der Waals surface area contributed by atoms with E-state index < -0.39 is 72.2 Å². The summed E-state index contributed by atoms with van der Waals surface area (Å²) in [5.41, 5.74) is -6.15. The van der Waals surface area contributed by atoms with Crippen LogP contribution < -0.4 is 10.4 Å². The lowest BCUT2D eigenvalue weighted by Gasteiger charge is -2.32. The van der Waals surface area contributed by atoms with E-state index >= 15 is 0 Å². The first-order valence-corrected chi connectivity index (χ1v) is 12.4.